The molecule has 0 aliphatic heterocycles. The van der Waals surface area contributed by atoms with Gasteiger partial charge in [-0.2, -0.15) is 16.8 Å². The number of carbonyl (C=O) groups excluding carboxylic acids is 1. The van der Waals surface area contributed by atoms with Gasteiger partial charge in [-0.3, -0.25) is 13.9 Å². The predicted molar refractivity (Wildman–Crippen MR) is 74.1 cm³/mol. The van der Waals surface area contributed by atoms with Crippen LogP contribution in [0.4, 0.5) is 11.4 Å². The lowest BCUT2D eigenvalue weighted by Crippen LogP contribution is -2.16. The van der Waals surface area contributed by atoms with E-state index in [2.05, 4.69) is 6.58 Å². The third kappa shape index (κ3) is 4.15. The lowest BCUT2D eigenvalue weighted by atomic mass is 10.2. The van der Waals surface area contributed by atoms with Gasteiger partial charge in [0, 0.05) is 0 Å². The average Bonchev–Trinajstić information content (AvgIpc) is 2.25. The first-order valence-corrected chi connectivity index (χ1v) is 8.14. The van der Waals surface area contributed by atoms with E-state index in [9.17, 15) is 21.6 Å². The zero-order chi connectivity index (χ0) is 16.6. The molecular weight excluding hydrogens is 348 g/mol. The molecule has 12 heteroatoms. The monoisotopic (exact) mass is 356 g/mol. The van der Waals surface area contributed by atoms with E-state index >= 15 is 0 Å². The van der Waals surface area contributed by atoms with Gasteiger partial charge in [-0.25, -0.2) is 0 Å². The largest absolute Gasteiger partial charge is 0.398 e. The summed E-state index contributed by atoms with van der Waals surface area (Å²) in [4.78, 5) is 9.42. The van der Waals surface area contributed by atoms with Gasteiger partial charge >= 0.3 is 0 Å². The van der Waals surface area contributed by atoms with Crippen LogP contribution in [-0.2, 0) is 25.0 Å². The molecule has 0 aromatic heterocycles. The maximum absolute atomic E-state index is 11.4. The van der Waals surface area contributed by atoms with Gasteiger partial charge in [0.15, 0.2) is 0 Å². The van der Waals surface area contributed by atoms with Crippen molar-refractivity contribution in [3.8, 4) is 0 Å². The van der Waals surface area contributed by atoms with Crippen LogP contribution in [-0.4, -0.2) is 31.8 Å². The summed E-state index contributed by atoms with van der Waals surface area (Å²) in [6, 6.07) is 1.12. The lowest BCUT2D eigenvalue weighted by molar-refractivity contribution is -0.112. The zero-order valence-corrected chi connectivity index (χ0v) is 12.5. The van der Waals surface area contributed by atoms with E-state index in [0.29, 0.717) is 6.07 Å². The number of anilines is 2. The molecule has 0 saturated carbocycles. The molecule has 0 heterocycles. The third-order valence-electron chi connectivity index (χ3n) is 2.16. The Labute approximate surface area is 124 Å². The van der Waals surface area contributed by atoms with Crippen molar-refractivity contribution >= 4 is 49.1 Å². The van der Waals surface area contributed by atoms with Gasteiger partial charge in [-0.05, 0) is 12.1 Å². The van der Waals surface area contributed by atoms with Gasteiger partial charge in [0.05, 0.1) is 16.4 Å². The smallest absolute Gasteiger partial charge is 0.296 e. The number of carbonyl (C=O) groups is 1. The molecule has 116 valence electrons. The van der Waals surface area contributed by atoms with Crippen LogP contribution in [0, 0.1) is 0 Å². The van der Waals surface area contributed by atoms with Crippen LogP contribution in [0.25, 0.3) is 0 Å². The van der Waals surface area contributed by atoms with Crippen molar-refractivity contribution in [2.75, 3.05) is 11.1 Å². The molecule has 1 rings (SSSR count). The van der Waals surface area contributed by atoms with E-state index in [-0.39, 0.29) is 0 Å². The highest BCUT2D eigenvalue weighted by Crippen LogP contribution is 2.30. The van der Waals surface area contributed by atoms with Crippen molar-refractivity contribution in [1.29, 1.82) is 0 Å². The lowest BCUT2D eigenvalue weighted by Gasteiger charge is -2.12. The highest BCUT2D eigenvalue weighted by atomic mass is 35.5. The molecule has 0 radical (unpaired) electrons. The van der Waals surface area contributed by atoms with E-state index in [1.165, 1.54) is 0 Å². The molecule has 21 heavy (non-hydrogen) atoms. The number of hydrogen-bond acceptors (Lipinski definition) is 6. The van der Waals surface area contributed by atoms with Gasteiger partial charge in [0.1, 0.15) is 9.79 Å². The minimum Gasteiger partial charge on any atom is -0.398 e. The van der Waals surface area contributed by atoms with Gasteiger partial charge in [-0.1, -0.05) is 18.2 Å². The standard InChI is InChI=1S/C9H9ClN2O7S2/c1-4(10)9(13)12-6-2-5(11)7(20(14,15)16)3-8(6)21(17,18)19/h2-3H,1,11H2,(H,12,13)(H,14,15,16)(H,17,18,19). The summed E-state index contributed by atoms with van der Waals surface area (Å²) >= 11 is 5.30. The molecule has 0 aliphatic rings. The minimum absolute atomic E-state index is 0.395. The molecule has 0 atom stereocenters. The summed E-state index contributed by atoms with van der Waals surface area (Å²) < 4.78 is 62.5. The van der Waals surface area contributed by atoms with Crippen molar-refractivity contribution in [2.24, 2.45) is 0 Å². The first-order chi connectivity index (χ1) is 9.34. The van der Waals surface area contributed by atoms with Crippen LogP contribution >= 0.6 is 11.6 Å². The zero-order valence-electron chi connectivity index (χ0n) is 10.1. The van der Waals surface area contributed by atoms with Crippen LogP contribution in [0.2, 0.25) is 0 Å². The highest BCUT2D eigenvalue weighted by molar-refractivity contribution is 7.86. The van der Waals surface area contributed by atoms with Crippen molar-refractivity contribution in [1.82, 2.24) is 0 Å². The normalized spacial score (nSPS) is 12.0. The van der Waals surface area contributed by atoms with Crippen molar-refractivity contribution in [2.45, 2.75) is 9.79 Å². The summed E-state index contributed by atoms with van der Waals surface area (Å²) in [5, 5.41) is 1.48. The fourth-order valence-electron chi connectivity index (χ4n) is 1.30. The molecule has 9 nitrogen and oxygen atoms in total. The van der Waals surface area contributed by atoms with Crippen LogP contribution in [0.15, 0.2) is 33.5 Å². The number of amides is 1. The van der Waals surface area contributed by atoms with Crippen LogP contribution in [0.5, 0.6) is 0 Å². The third-order valence-corrected chi connectivity index (χ3v) is 4.14. The molecule has 0 aliphatic carbocycles. The Balaban J connectivity index is 3.63. The van der Waals surface area contributed by atoms with Crippen molar-refractivity contribution in [3.05, 3.63) is 23.7 Å². The van der Waals surface area contributed by atoms with Crippen molar-refractivity contribution < 1.29 is 30.7 Å². The second kappa shape index (κ2) is 5.61. The van der Waals surface area contributed by atoms with E-state index in [1.54, 1.807) is 0 Å². The van der Waals surface area contributed by atoms with E-state index in [4.69, 9.17) is 26.4 Å². The first kappa shape index (κ1) is 17.4. The number of nitrogens with two attached hydrogens (primary N) is 1. The Morgan fingerprint density at radius 1 is 1.14 bits per heavy atom. The average molecular weight is 357 g/mol. The number of rotatable bonds is 4. The number of halogens is 1. The fraction of sp³-hybridized carbons (Fsp3) is 0. The second-order valence-corrected chi connectivity index (χ2v) is 6.93. The minimum atomic E-state index is -4.92. The van der Waals surface area contributed by atoms with Gasteiger partial charge < -0.3 is 11.1 Å². The Hall–Kier alpha value is -1.66. The predicted octanol–water partition coefficient (Wildman–Crippen LogP) is 0.453. The maximum atomic E-state index is 11.4. The Morgan fingerprint density at radius 2 is 1.62 bits per heavy atom. The Kier molecular flexibility index (Phi) is 4.65. The SMILES string of the molecule is C=C(Cl)C(=O)Nc1cc(N)c(S(=O)(=O)O)cc1S(=O)(=O)O. The van der Waals surface area contributed by atoms with Crippen molar-refractivity contribution in [3.63, 3.8) is 0 Å². The summed E-state index contributed by atoms with van der Waals surface area (Å²) in [5.74, 6) is -0.999. The number of nitrogens with one attached hydrogen (secondary N) is 1. The van der Waals surface area contributed by atoms with E-state index in [0.717, 1.165) is 6.07 Å². The Bertz CT molecular complexity index is 830. The molecule has 0 fully saturated rings. The molecule has 0 bridgehead atoms. The van der Waals surface area contributed by atoms with Crippen LogP contribution in [0.1, 0.15) is 0 Å². The summed E-state index contributed by atoms with van der Waals surface area (Å²) in [7, 11) is -9.76. The van der Waals surface area contributed by atoms with Gasteiger partial charge in [0.2, 0.25) is 0 Å². The molecule has 1 amide bonds. The molecule has 0 unspecified atom stereocenters. The molecule has 0 spiro atoms. The Morgan fingerprint density at radius 3 is 2.00 bits per heavy atom. The number of nitrogen functional groups attached to an aromatic ring is 1. The number of benzene rings is 1. The summed E-state index contributed by atoms with van der Waals surface area (Å²) in [6.45, 7) is 3.10. The second-order valence-electron chi connectivity index (χ2n) is 3.70. The molecule has 5 N–H and O–H groups in total. The maximum Gasteiger partial charge on any atom is 0.296 e. The molecule has 1 aromatic rings. The van der Waals surface area contributed by atoms with E-state index < -0.39 is 52.3 Å². The van der Waals surface area contributed by atoms with Gasteiger partial charge in [-0.15, -0.1) is 0 Å². The highest BCUT2D eigenvalue weighted by Gasteiger charge is 2.24. The number of hydrogen-bond donors (Lipinski definition) is 4. The molecule has 0 saturated heterocycles. The van der Waals surface area contributed by atoms with E-state index in [1.807, 2.05) is 5.32 Å². The van der Waals surface area contributed by atoms with Crippen LogP contribution in [0.3, 0.4) is 0 Å². The summed E-state index contributed by atoms with van der Waals surface area (Å²) in [6.07, 6.45) is 0. The summed E-state index contributed by atoms with van der Waals surface area (Å²) in [5.41, 5.74) is 4.26. The van der Waals surface area contributed by atoms with Gasteiger partial charge in [0.25, 0.3) is 26.1 Å². The molecule has 1 aromatic carbocycles. The topological polar surface area (TPSA) is 164 Å². The molecular formula is C9H9ClN2O7S2. The quantitative estimate of drug-likeness (QED) is 0.343. The fourth-order valence-corrected chi connectivity index (χ4v) is 2.70. The first-order valence-electron chi connectivity index (χ1n) is 4.88. The van der Waals surface area contributed by atoms with Crippen LogP contribution < -0.4 is 11.1 Å².